The molecule has 1 aromatic carbocycles. The minimum Gasteiger partial charge on any atom is -0.347 e. The Labute approximate surface area is 162 Å². The Morgan fingerprint density at radius 3 is 2.37 bits per heavy atom. The molecule has 7 nitrogen and oxygen atoms in total. The molecule has 0 radical (unpaired) electrons. The Hall–Kier alpha value is -2.74. The molecule has 0 bridgehead atoms. The van der Waals surface area contributed by atoms with Crippen LogP contribution in [0, 0.1) is 19.8 Å². The molecule has 0 aliphatic carbocycles. The molecule has 2 rings (SSSR count). The molecule has 0 unspecified atom stereocenters. The van der Waals surface area contributed by atoms with Crippen molar-refractivity contribution in [2.75, 3.05) is 17.2 Å². The molecule has 0 spiro atoms. The van der Waals surface area contributed by atoms with Gasteiger partial charge in [0.25, 0.3) is 0 Å². The van der Waals surface area contributed by atoms with Gasteiger partial charge in [0.05, 0.1) is 18.7 Å². The van der Waals surface area contributed by atoms with Crippen LogP contribution in [0.1, 0.15) is 30.7 Å². The zero-order valence-electron chi connectivity index (χ0n) is 15.9. The number of anilines is 2. The van der Waals surface area contributed by atoms with Crippen molar-refractivity contribution in [3.8, 4) is 0 Å². The first-order valence-electron chi connectivity index (χ1n) is 8.64. The fourth-order valence-electron chi connectivity index (χ4n) is 2.30. The van der Waals surface area contributed by atoms with Crippen molar-refractivity contribution in [3.05, 3.63) is 40.4 Å². The van der Waals surface area contributed by atoms with Gasteiger partial charge in [-0.3, -0.25) is 14.4 Å². The van der Waals surface area contributed by atoms with Crippen LogP contribution in [0.2, 0.25) is 0 Å². The number of carbonyl (C=O) groups is 3. The average molecular weight is 388 g/mol. The van der Waals surface area contributed by atoms with Gasteiger partial charge < -0.3 is 16.0 Å². The second kappa shape index (κ2) is 9.27. The normalized spacial score (nSPS) is 10.6. The molecule has 27 heavy (non-hydrogen) atoms. The Bertz CT molecular complexity index is 825. The van der Waals surface area contributed by atoms with E-state index in [1.165, 1.54) is 11.3 Å². The number of aryl methyl sites for hydroxylation is 2. The summed E-state index contributed by atoms with van der Waals surface area (Å²) in [6.45, 7) is 7.30. The van der Waals surface area contributed by atoms with Crippen LogP contribution in [0.25, 0.3) is 0 Å². The third kappa shape index (κ3) is 6.18. The van der Waals surface area contributed by atoms with Crippen LogP contribution in [0.4, 0.5) is 10.8 Å². The molecule has 0 aliphatic rings. The predicted octanol–water partition coefficient (Wildman–Crippen LogP) is 2.65. The van der Waals surface area contributed by atoms with E-state index in [1.807, 2.05) is 32.0 Å². The molecular weight excluding hydrogens is 364 g/mol. The Morgan fingerprint density at radius 1 is 1.07 bits per heavy atom. The van der Waals surface area contributed by atoms with Crippen LogP contribution in [-0.4, -0.2) is 29.3 Å². The summed E-state index contributed by atoms with van der Waals surface area (Å²) in [7, 11) is 0. The number of amides is 3. The van der Waals surface area contributed by atoms with Gasteiger partial charge in [0.1, 0.15) is 0 Å². The van der Waals surface area contributed by atoms with Crippen molar-refractivity contribution >= 4 is 39.9 Å². The second-order valence-corrected chi connectivity index (χ2v) is 7.41. The lowest BCUT2D eigenvalue weighted by atomic mass is 10.1. The highest BCUT2D eigenvalue weighted by Crippen LogP contribution is 2.19. The smallest absolute Gasteiger partial charge is 0.243 e. The Morgan fingerprint density at radius 2 is 1.74 bits per heavy atom. The fourth-order valence-corrected chi connectivity index (χ4v) is 3.01. The molecule has 2 aromatic rings. The van der Waals surface area contributed by atoms with Crippen LogP contribution in [-0.2, 0) is 20.8 Å². The first-order valence-corrected chi connectivity index (χ1v) is 9.52. The third-order valence-corrected chi connectivity index (χ3v) is 4.65. The first kappa shape index (κ1) is 20.6. The number of aromatic nitrogens is 1. The van der Waals surface area contributed by atoms with Crippen molar-refractivity contribution in [1.82, 2.24) is 10.3 Å². The molecule has 0 saturated carbocycles. The van der Waals surface area contributed by atoms with Crippen LogP contribution in [0.15, 0.2) is 23.6 Å². The summed E-state index contributed by atoms with van der Waals surface area (Å²) in [6, 6.07) is 5.76. The lowest BCUT2D eigenvalue weighted by molar-refractivity contribution is -0.123. The van der Waals surface area contributed by atoms with Crippen LogP contribution >= 0.6 is 11.3 Å². The maximum absolute atomic E-state index is 12.1. The van der Waals surface area contributed by atoms with Gasteiger partial charge in [-0.05, 0) is 25.0 Å². The topological polar surface area (TPSA) is 100 Å². The molecule has 0 atom stereocenters. The molecule has 1 aromatic heterocycles. The van der Waals surface area contributed by atoms with Gasteiger partial charge in [0.2, 0.25) is 17.7 Å². The SMILES string of the molecule is Cc1cccc(C)c1NC(=O)CNC(=O)Cc1csc(NC(=O)C(C)C)n1. The minimum atomic E-state index is -0.307. The van der Waals surface area contributed by atoms with E-state index in [-0.39, 0.29) is 36.6 Å². The monoisotopic (exact) mass is 388 g/mol. The number of hydrogen-bond acceptors (Lipinski definition) is 5. The van der Waals surface area contributed by atoms with E-state index in [1.54, 1.807) is 19.2 Å². The van der Waals surface area contributed by atoms with E-state index in [2.05, 4.69) is 20.9 Å². The van der Waals surface area contributed by atoms with Gasteiger partial charge in [-0.25, -0.2) is 4.98 Å². The number of nitrogens with zero attached hydrogens (tertiary/aromatic N) is 1. The van der Waals surface area contributed by atoms with Crippen molar-refractivity contribution in [2.45, 2.75) is 34.1 Å². The van der Waals surface area contributed by atoms with Gasteiger partial charge in [0, 0.05) is 17.0 Å². The van der Waals surface area contributed by atoms with Gasteiger partial charge in [-0.1, -0.05) is 32.0 Å². The van der Waals surface area contributed by atoms with Crippen molar-refractivity contribution < 1.29 is 14.4 Å². The zero-order valence-corrected chi connectivity index (χ0v) is 16.7. The van der Waals surface area contributed by atoms with E-state index in [9.17, 15) is 14.4 Å². The number of carbonyl (C=O) groups excluding carboxylic acids is 3. The molecular formula is C19H24N4O3S. The zero-order chi connectivity index (χ0) is 20.0. The summed E-state index contributed by atoms with van der Waals surface area (Å²) in [6.07, 6.45) is 0.0464. The largest absolute Gasteiger partial charge is 0.347 e. The number of benzene rings is 1. The number of para-hydroxylation sites is 1. The van der Waals surface area contributed by atoms with E-state index in [4.69, 9.17) is 0 Å². The summed E-state index contributed by atoms with van der Waals surface area (Å²) in [4.78, 5) is 40.0. The summed E-state index contributed by atoms with van der Waals surface area (Å²) < 4.78 is 0. The van der Waals surface area contributed by atoms with Gasteiger partial charge in [-0.2, -0.15) is 0 Å². The van der Waals surface area contributed by atoms with Gasteiger partial charge >= 0.3 is 0 Å². The molecule has 0 aliphatic heterocycles. The fraction of sp³-hybridized carbons (Fsp3) is 0.368. The quantitative estimate of drug-likeness (QED) is 0.679. The predicted molar refractivity (Wildman–Crippen MR) is 107 cm³/mol. The average Bonchev–Trinajstić information content (AvgIpc) is 3.03. The van der Waals surface area contributed by atoms with Crippen molar-refractivity contribution in [3.63, 3.8) is 0 Å². The van der Waals surface area contributed by atoms with Crippen molar-refractivity contribution in [1.29, 1.82) is 0 Å². The van der Waals surface area contributed by atoms with E-state index in [0.29, 0.717) is 10.8 Å². The van der Waals surface area contributed by atoms with Crippen molar-refractivity contribution in [2.24, 2.45) is 5.92 Å². The summed E-state index contributed by atoms with van der Waals surface area (Å²) in [5, 5.41) is 10.3. The Kier molecular flexibility index (Phi) is 7.06. The third-order valence-electron chi connectivity index (χ3n) is 3.84. The highest BCUT2D eigenvalue weighted by atomic mass is 32.1. The van der Waals surface area contributed by atoms with Crippen LogP contribution < -0.4 is 16.0 Å². The first-order chi connectivity index (χ1) is 12.8. The molecule has 0 saturated heterocycles. The standard InChI is InChI=1S/C19H24N4O3S/c1-11(2)18(26)23-19-21-14(10-27-19)8-15(24)20-9-16(25)22-17-12(3)6-5-7-13(17)4/h5-7,10-11H,8-9H2,1-4H3,(H,20,24)(H,22,25)(H,21,23,26). The van der Waals surface area contributed by atoms with Gasteiger partial charge in [-0.15, -0.1) is 11.3 Å². The van der Waals surface area contributed by atoms with Crippen LogP contribution in [0.3, 0.4) is 0 Å². The lowest BCUT2D eigenvalue weighted by Gasteiger charge is -2.11. The number of hydrogen-bond donors (Lipinski definition) is 3. The van der Waals surface area contributed by atoms with E-state index < -0.39 is 0 Å². The van der Waals surface area contributed by atoms with Gasteiger partial charge in [0.15, 0.2) is 5.13 Å². The molecule has 8 heteroatoms. The van der Waals surface area contributed by atoms with Crippen LogP contribution in [0.5, 0.6) is 0 Å². The lowest BCUT2D eigenvalue weighted by Crippen LogP contribution is -2.34. The number of rotatable bonds is 7. The molecule has 0 fully saturated rings. The highest BCUT2D eigenvalue weighted by molar-refractivity contribution is 7.13. The van der Waals surface area contributed by atoms with E-state index in [0.717, 1.165) is 16.8 Å². The Balaban J connectivity index is 1.81. The maximum atomic E-state index is 12.1. The maximum Gasteiger partial charge on any atom is 0.243 e. The molecule has 3 N–H and O–H groups in total. The second-order valence-electron chi connectivity index (χ2n) is 6.56. The minimum absolute atomic E-state index is 0.0464. The molecule has 1 heterocycles. The highest BCUT2D eigenvalue weighted by Gasteiger charge is 2.13. The number of nitrogens with one attached hydrogen (secondary N) is 3. The summed E-state index contributed by atoms with van der Waals surface area (Å²) in [5.41, 5.74) is 3.25. The summed E-state index contributed by atoms with van der Waals surface area (Å²) in [5.74, 6) is -0.859. The molecule has 144 valence electrons. The molecule has 3 amide bonds. The number of thiazole rings is 1. The summed E-state index contributed by atoms with van der Waals surface area (Å²) >= 11 is 1.26. The van der Waals surface area contributed by atoms with E-state index >= 15 is 0 Å².